The predicted molar refractivity (Wildman–Crippen MR) is 99.5 cm³/mol. The van der Waals surface area contributed by atoms with Gasteiger partial charge in [-0.25, -0.2) is 4.39 Å². The van der Waals surface area contributed by atoms with Gasteiger partial charge in [0.1, 0.15) is 12.4 Å². The number of rotatable bonds is 5. The highest BCUT2D eigenvalue weighted by Gasteiger charge is 2.30. The molecular formula is C19H19F4N4S+. The van der Waals surface area contributed by atoms with E-state index in [4.69, 9.17) is 12.2 Å². The fourth-order valence-corrected chi connectivity index (χ4v) is 3.10. The molecular weight excluding hydrogens is 392 g/mol. The van der Waals surface area contributed by atoms with Crippen molar-refractivity contribution in [2.75, 3.05) is 7.05 Å². The molecule has 28 heavy (non-hydrogen) atoms. The maximum Gasteiger partial charge on any atom is 0.416 e. The second kappa shape index (κ2) is 7.84. The summed E-state index contributed by atoms with van der Waals surface area (Å²) >= 11 is 5.43. The molecule has 4 nitrogen and oxygen atoms in total. The molecule has 1 heterocycles. The lowest BCUT2D eigenvalue weighted by Gasteiger charge is -2.14. The van der Waals surface area contributed by atoms with Crippen LogP contribution in [0.3, 0.4) is 0 Å². The molecule has 0 saturated carbocycles. The zero-order chi connectivity index (χ0) is 20.5. The number of alkyl halides is 3. The topological polar surface area (TPSA) is 27.2 Å². The number of quaternary nitrogens is 1. The Balaban J connectivity index is 1.74. The highest BCUT2D eigenvalue weighted by molar-refractivity contribution is 7.71. The molecule has 1 N–H and O–H groups in total. The second-order valence-corrected chi connectivity index (χ2v) is 7.02. The number of halogens is 4. The predicted octanol–water partition coefficient (Wildman–Crippen LogP) is 3.45. The smallest absolute Gasteiger partial charge is 0.315 e. The van der Waals surface area contributed by atoms with Crippen LogP contribution in [-0.2, 0) is 26.4 Å². The van der Waals surface area contributed by atoms with Gasteiger partial charge in [-0.1, -0.05) is 12.1 Å². The third-order valence-electron chi connectivity index (χ3n) is 4.35. The first kappa shape index (κ1) is 20.2. The quantitative estimate of drug-likeness (QED) is 0.514. The van der Waals surface area contributed by atoms with Crippen LogP contribution in [0.5, 0.6) is 0 Å². The Kier molecular flexibility index (Phi) is 5.66. The first-order valence-electron chi connectivity index (χ1n) is 8.52. The van der Waals surface area contributed by atoms with Crippen LogP contribution in [0.15, 0.2) is 48.5 Å². The molecule has 0 fully saturated rings. The van der Waals surface area contributed by atoms with Gasteiger partial charge in [0, 0.05) is 18.2 Å². The monoisotopic (exact) mass is 411 g/mol. The van der Waals surface area contributed by atoms with Gasteiger partial charge in [0.05, 0.1) is 12.6 Å². The van der Waals surface area contributed by atoms with E-state index in [-0.39, 0.29) is 5.82 Å². The zero-order valence-electron chi connectivity index (χ0n) is 15.3. The summed E-state index contributed by atoms with van der Waals surface area (Å²) in [5.74, 6) is 0.289. The zero-order valence-corrected chi connectivity index (χ0v) is 16.1. The van der Waals surface area contributed by atoms with E-state index in [2.05, 4.69) is 5.10 Å². The number of nitrogens with one attached hydrogen (secondary N) is 1. The van der Waals surface area contributed by atoms with E-state index in [1.54, 1.807) is 28.4 Å². The average Bonchev–Trinajstić information content (AvgIpc) is 2.90. The van der Waals surface area contributed by atoms with Crippen molar-refractivity contribution in [1.29, 1.82) is 0 Å². The van der Waals surface area contributed by atoms with Crippen molar-refractivity contribution in [1.82, 2.24) is 14.3 Å². The van der Waals surface area contributed by atoms with Crippen LogP contribution < -0.4 is 4.90 Å². The number of aromatic nitrogens is 3. The Bertz CT molecular complexity index is 1000. The van der Waals surface area contributed by atoms with Gasteiger partial charge in [0.15, 0.2) is 12.5 Å². The molecule has 1 unspecified atom stereocenters. The molecule has 0 spiro atoms. The van der Waals surface area contributed by atoms with Gasteiger partial charge >= 0.3 is 6.18 Å². The SMILES string of the molecule is Cn1c(-c2ccc(F)cc2)nn(C[NH+](C)Cc2ccc(C(F)(F)F)cc2)c1=S. The van der Waals surface area contributed by atoms with E-state index < -0.39 is 11.7 Å². The Hall–Kier alpha value is -2.52. The summed E-state index contributed by atoms with van der Waals surface area (Å²) in [6.45, 7) is 0.956. The largest absolute Gasteiger partial charge is 0.416 e. The van der Waals surface area contributed by atoms with Crippen molar-refractivity contribution < 1.29 is 22.5 Å². The van der Waals surface area contributed by atoms with Crippen LogP contribution in [0.2, 0.25) is 0 Å². The molecule has 9 heteroatoms. The highest BCUT2D eigenvalue weighted by atomic mass is 32.1. The normalized spacial score (nSPS) is 12.9. The molecule has 0 aliphatic carbocycles. The molecule has 0 aliphatic heterocycles. The minimum atomic E-state index is -4.34. The maximum absolute atomic E-state index is 13.1. The van der Waals surface area contributed by atoms with Crippen LogP contribution in [0.4, 0.5) is 17.6 Å². The summed E-state index contributed by atoms with van der Waals surface area (Å²) in [5.41, 5.74) is 0.866. The van der Waals surface area contributed by atoms with Crippen molar-refractivity contribution in [2.45, 2.75) is 19.4 Å². The van der Waals surface area contributed by atoms with Crippen molar-refractivity contribution >= 4 is 12.2 Å². The Morgan fingerprint density at radius 2 is 1.64 bits per heavy atom. The third kappa shape index (κ3) is 4.48. The average molecular weight is 411 g/mol. The van der Waals surface area contributed by atoms with E-state index in [9.17, 15) is 17.6 Å². The highest BCUT2D eigenvalue weighted by Crippen LogP contribution is 2.29. The molecule has 0 saturated heterocycles. The Morgan fingerprint density at radius 3 is 2.21 bits per heavy atom. The van der Waals surface area contributed by atoms with Crippen molar-refractivity contribution in [3.8, 4) is 11.4 Å². The molecule has 1 aromatic heterocycles. The van der Waals surface area contributed by atoms with Crippen molar-refractivity contribution in [3.63, 3.8) is 0 Å². The van der Waals surface area contributed by atoms with Gasteiger partial charge in [-0.05, 0) is 48.6 Å². The molecule has 0 radical (unpaired) electrons. The summed E-state index contributed by atoms with van der Waals surface area (Å²) in [6, 6.07) is 11.1. The van der Waals surface area contributed by atoms with E-state index in [0.29, 0.717) is 23.8 Å². The molecule has 0 aliphatic rings. The summed E-state index contributed by atoms with van der Waals surface area (Å²) in [4.78, 5) is 1.000. The molecule has 0 bridgehead atoms. The van der Waals surface area contributed by atoms with Crippen molar-refractivity contribution in [3.05, 3.63) is 70.2 Å². The Morgan fingerprint density at radius 1 is 1.04 bits per heavy atom. The van der Waals surface area contributed by atoms with Gasteiger partial charge < -0.3 is 9.47 Å². The number of hydrogen-bond donors (Lipinski definition) is 1. The first-order valence-corrected chi connectivity index (χ1v) is 8.93. The molecule has 3 aromatic rings. The number of benzene rings is 2. The van der Waals surface area contributed by atoms with Crippen LogP contribution in [0.25, 0.3) is 11.4 Å². The van der Waals surface area contributed by atoms with Crippen molar-refractivity contribution in [2.24, 2.45) is 7.05 Å². The summed E-state index contributed by atoms with van der Waals surface area (Å²) < 4.78 is 55.0. The fraction of sp³-hybridized carbons (Fsp3) is 0.263. The standard InChI is InChI=1S/C19H18F4N4S/c1-25(11-13-3-7-15(8-4-13)19(21,22)23)12-27-18(28)26(2)17(24-27)14-5-9-16(20)10-6-14/h3-10H,11-12H2,1-2H3/p+1. The van der Waals surface area contributed by atoms with Gasteiger partial charge in [-0.15, -0.1) is 5.10 Å². The molecule has 3 rings (SSSR count). The van der Waals surface area contributed by atoms with Gasteiger partial charge in [-0.2, -0.15) is 17.9 Å². The minimum absolute atomic E-state index is 0.329. The third-order valence-corrected chi connectivity index (χ3v) is 4.83. The van der Waals surface area contributed by atoms with Gasteiger partial charge in [0.2, 0.25) is 4.77 Å². The van der Waals surface area contributed by atoms with Crippen LogP contribution in [0, 0.1) is 10.6 Å². The lowest BCUT2D eigenvalue weighted by molar-refractivity contribution is -0.917. The summed E-state index contributed by atoms with van der Waals surface area (Å²) in [6.07, 6.45) is -4.34. The molecule has 1 atom stereocenters. The van der Waals surface area contributed by atoms with Gasteiger partial charge in [0.25, 0.3) is 0 Å². The second-order valence-electron chi connectivity index (χ2n) is 6.66. The van der Waals surface area contributed by atoms with E-state index in [1.807, 2.05) is 7.05 Å². The lowest BCUT2D eigenvalue weighted by Crippen LogP contribution is -3.07. The Labute approximate surface area is 164 Å². The van der Waals surface area contributed by atoms with E-state index in [0.717, 1.165) is 28.2 Å². The molecule has 2 aromatic carbocycles. The summed E-state index contributed by atoms with van der Waals surface area (Å²) in [5, 5.41) is 4.52. The van der Waals surface area contributed by atoms with Gasteiger partial charge in [-0.3, -0.25) is 0 Å². The summed E-state index contributed by atoms with van der Waals surface area (Å²) in [7, 11) is 3.70. The van der Waals surface area contributed by atoms with E-state index in [1.165, 1.54) is 24.3 Å². The fourth-order valence-electron chi connectivity index (χ4n) is 2.91. The first-order chi connectivity index (χ1) is 13.1. The van der Waals surface area contributed by atoms with Crippen LogP contribution in [-0.4, -0.2) is 21.4 Å². The number of nitrogens with zero attached hydrogens (tertiary/aromatic N) is 3. The minimum Gasteiger partial charge on any atom is -0.315 e. The van der Waals surface area contributed by atoms with Crippen LogP contribution in [0.1, 0.15) is 11.1 Å². The lowest BCUT2D eigenvalue weighted by atomic mass is 10.1. The maximum atomic E-state index is 13.1. The molecule has 0 amide bonds. The number of hydrogen-bond acceptors (Lipinski definition) is 2. The molecule has 148 valence electrons. The van der Waals surface area contributed by atoms with E-state index >= 15 is 0 Å². The van der Waals surface area contributed by atoms with Crippen LogP contribution >= 0.6 is 12.2 Å².